The lowest BCUT2D eigenvalue weighted by atomic mass is 9.92. The second-order valence-electron chi connectivity index (χ2n) is 8.88. The first-order chi connectivity index (χ1) is 16.3. The molecule has 0 radical (unpaired) electrons. The molecule has 188 valence electrons. The Morgan fingerprint density at radius 2 is 1.94 bits per heavy atom. The molecule has 1 saturated carbocycles. The summed E-state index contributed by atoms with van der Waals surface area (Å²) in [6.07, 6.45) is 6.98. The van der Waals surface area contributed by atoms with E-state index in [4.69, 9.17) is 11.6 Å². The summed E-state index contributed by atoms with van der Waals surface area (Å²) >= 11 is 5.96. The molecule has 0 bridgehead atoms. The average Bonchev–Trinajstić information content (AvgIpc) is 3.28. The number of likely N-dealkylation sites (tertiary alicyclic amines) is 1. The van der Waals surface area contributed by atoms with Crippen molar-refractivity contribution in [3.63, 3.8) is 0 Å². The lowest BCUT2D eigenvalue weighted by molar-refractivity contribution is -0.154. The number of hydroxylamine groups is 2. The van der Waals surface area contributed by atoms with Gasteiger partial charge in [-0.05, 0) is 43.2 Å². The van der Waals surface area contributed by atoms with E-state index in [0.717, 1.165) is 38.5 Å². The number of halogens is 2. The van der Waals surface area contributed by atoms with E-state index in [0.29, 0.717) is 30.4 Å². The van der Waals surface area contributed by atoms with Crippen LogP contribution < -0.4 is 16.2 Å². The van der Waals surface area contributed by atoms with Gasteiger partial charge in [0.2, 0.25) is 29.3 Å². The van der Waals surface area contributed by atoms with E-state index in [1.54, 1.807) is 11.9 Å². The van der Waals surface area contributed by atoms with Crippen molar-refractivity contribution in [1.82, 2.24) is 25.4 Å². The Morgan fingerprint density at radius 3 is 2.65 bits per heavy atom. The highest BCUT2D eigenvalue weighted by Crippen LogP contribution is 2.31. The first kappa shape index (κ1) is 25.9. The summed E-state index contributed by atoms with van der Waals surface area (Å²) in [4.78, 5) is 45.4. The van der Waals surface area contributed by atoms with Crippen molar-refractivity contribution in [2.45, 2.75) is 57.4 Å². The molecule has 2 heterocycles. The number of aromatic nitrogens is 2. The Morgan fingerprint density at radius 1 is 1.26 bits per heavy atom. The number of nitrogens with zero attached hydrogens (tertiary/aromatic N) is 4. The lowest BCUT2D eigenvalue weighted by Crippen LogP contribution is -2.41. The Kier molecular flexibility index (Phi) is 9.22. The Bertz CT molecular complexity index is 887. The molecule has 1 aromatic heterocycles. The monoisotopic (exact) mass is 499 g/mol. The largest absolute Gasteiger partial charge is 0.356 e. The second kappa shape index (κ2) is 12.1. The highest BCUT2D eigenvalue weighted by Gasteiger charge is 2.29. The molecule has 1 saturated heterocycles. The van der Waals surface area contributed by atoms with Crippen LogP contribution in [0.4, 0.5) is 16.0 Å². The zero-order chi connectivity index (χ0) is 24.7. The third-order valence-corrected chi connectivity index (χ3v) is 6.51. The highest BCUT2D eigenvalue weighted by molar-refractivity contribution is 6.28. The van der Waals surface area contributed by atoms with Crippen LogP contribution in [-0.4, -0.2) is 69.5 Å². The van der Waals surface area contributed by atoms with Crippen LogP contribution in [0, 0.1) is 17.7 Å². The minimum atomic E-state index is -0.909. The van der Waals surface area contributed by atoms with Crippen LogP contribution in [0.1, 0.15) is 51.4 Å². The SMILES string of the molecule is CN1CCCC[C@H](Nc2nc(Cl)nc(NNC(=O)[C@@H](CC3CCCC3)CN(O)C=O)c2F)C1=O. The van der Waals surface area contributed by atoms with Crippen LogP contribution in [-0.2, 0) is 14.4 Å². The summed E-state index contributed by atoms with van der Waals surface area (Å²) in [6, 6.07) is -0.662. The molecule has 11 nitrogen and oxygen atoms in total. The first-order valence-electron chi connectivity index (χ1n) is 11.5. The van der Waals surface area contributed by atoms with Gasteiger partial charge in [0.1, 0.15) is 6.04 Å². The molecule has 34 heavy (non-hydrogen) atoms. The van der Waals surface area contributed by atoms with Crippen LogP contribution in [0.25, 0.3) is 0 Å². The number of amides is 3. The number of carbonyl (C=O) groups is 3. The van der Waals surface area contributed by atoms with Crippen LogP contribution >= 0.6 is 11.6 Å². The van der Waals surface area contributed by atoms with Crippen LogP contribution in [0.5, 0.6) is 0 Å². The summed E-state index contributed by atoms with van der Waals surface area (Å²) in [5.41, 5.74) is 4.82. The van der Waals surface area contributed by atoms with E-state index in [9.17, 15) is 19.6 Å². The van der Waals surface area contributed by atoms with Gasteiger partial charge in [-0.15, -0.1) is 0 Å². The molecule has 2 fully saturated rings. The molecule has 2 aliphatic rings. The van der Waals surface area contributed by atoms with E-state index in [1.807, 2.05) is 0 Å². The Balaban J connectivity index is 1.69. The summed E-state index contributed by atoms with van der Waals surface area (Å²) in [5, 5.41) is 12.5. The van der Waals surface area contributed by atoms with E-state index >= 15 is 4.39 Å². The van der Waals surface area contributed by atoms with Gasteiger partial charge in [0.25, 0.3) is 0 Å². The minimum Gasteiger partial charge on any atom is -0.356 e. The summed E-state index contributed by atoms with van der Waals surface area (Å²) in [6.45, 7) is 0.435. The van der Waals surface area contributed by atoms with Crippen LogP contribution in [0.15, 0.2) is 0 Å². The van der Waals surface area contributed by atoms with E-state index in [1.165, 1.54) is 0 Å². The van der Waals surface area contributed by atoms with Gasteiger partial charge < -0.3 is 10.2 Å². The molecule has 1 aromatic rings. The molecule has 4 N–H and O–H groups in total. The van der Waals surface area contributed by atoms with E-state index in [2.05, 4.69) is 26.1 Å². The molecular weight excluding hydrogens is 469 g/mol. The fourth-order valence-electron chi connectivity index (χ4n) is 4.50. The van der Waals surface area contributed by atoms with Crippen molar-refractivity contribution >= 4 is 41.5 Å². The maximum Gasteiger partial charge on any atom is 0.244 e. The van der Waals surface area contributed by atoms with Crippen molar-refractivity contribution in [2.75, 3.05) is 30.9 Å². The van der Waals surface area contributed by atoms with Gasteiger partial charge in [0.15, 0.2) is 11.6 Å². The van der Waals surface area contributed by atoms with Crippen LogP contribution in [0.3, 0.4) is 0 Å². The number of likely N-dealkylation sites (N-methyl/N-ethyl adjacent to an activating group) is 1. The van der Waals surface area contributed by atoms with Gasteiger partial charge in [0, 0.05) is 13.6 Å². The number of hydrogen-bond donors (Lipinski definition) is 4. The third kappa shape index (κ3) is 6.89. The smallest absolute Gasteiger partial charge is 0.244 e. The molecule has 1 aliphatic heterocycles. The van der Waals surface area contributed by atoms with Gasteiger partial charge >= 0.3 is 0 Å². The number of anilines is 2. The molecule has 1 aliphatic carbocycles. The van der Waals surface area contributed by atoms with Crippen molar-refractivity contribution in [3.05, 3.63) is 11.1 Å². The van der Waals surface area contributed by atoms with Gasteiger partial charge in [-0.3, -0.25) is 30.4 Å². The topological polar surface area (TPSA) is 140 Å². The molecule has 3 amide bonds. The predicted octanol–water partition coefficient (Wildman–Crippen LogP) is 2.18. The minimum absolute atomic E-state index is 0.173. The standard InChI is InChI=1S/C21H31ClFN7O4/c1-29-9-5-4-8-15(20(29)33)24-17-16(23)18(26-21(22)25-17)27-28-19(32)14(11-30(34)12-31)10-13-6-2-3-7-13/h12-15,34H,2-11H2,1H3,(H,28,32)(H2,24,25,26,27)/t14-,15-/m0/s1. The number of nitrogens with one attached hydrogen (secondary N) is 3. The number of hydrogen-bond acceptors (Lipinski definition) is 8. The lowest BCUT2D eigenvalue weighted by Gasteiger charge is -2.23. The fourth-order valence-corrected chi connectivity index (χ4v) is 4.67. The highest BCUT2D eigenvalue weighted by atomic mass is 35.5. The normalized spacial score (nSPS) is 19.9. The van der Waals surface area contributed by atoms with Crippen molar-refractivity contribution in [3.8, 4) is 0 Å². The number of carbonyl (C=O) groups excluding carboxylic acids is 3. The first-order valence-corrected chi connectivity index (χ1v) is 11.9. The van der Waals surface area contributed by atoms with Gasteiger partial charge in [-0.25, -0.2) is 5.06 Å². The third-order valence-electron chi connectivity index (χ3n) is 6.34. The van der Waals surface area contributed by atoms with Crippen molar-refractivity contribution in [1.29, 1.82) is 0 Å². The van der Waals surface area contributed by atoms with Gasteiger partial charge in [0.05, 0.1) is 12.5 Å². The zero-order valence-corrected chi connectivity index (χ0v) is 19.9. The molecule has 3 rings (SSSR count). The fraction of sp³-hybridized carbons (Fsp3) is 0.667. The molecule has 0 unspecified atom stereocenters. The van der Waals surface area contributed by atoms with Gasteiger partial charge in [-0.1, -0.05) is 25.7 Å². The maximum absolute atomic E-state index is 15.1. The number of rotatable bonds is 10. The molecular formula is C21H31ClFN7O4. The quantitative estimate of drug-likeness (QED) is 0.166. The molecule has 0 spiro atoms. The summed E-state index contributed by atoms with van der Waals surface area (Å²) in [7, 11) is 1.69. The van der Waals surface area contributed by atoms with Crippen molar-refractivity contribution in [2.24, 2.45) is 11.8 Å². The van der Waals surface area contributed by atoms with E-state index in [-0.39, 0.29) is 35.8 Å². The van der Waals surface area contributed by atoms with Crippen LogP contribution in [0.2, 0.25) is 5.28 Å². The maximum atomic E-state index is 15.1. The average molecular weight is 500 g/mol. The second-order valence-corrected chi connectivity index (χ2v) is 9.22. The number of hydrazine groups is 1. The molecule has 13 heteroatoms. The Hall–Kier alpha value is -2.73. The predicted molar refractivity (Wildman–Crippen MR) is 122 cm³/mol. The summed E-state index contributed by atoms with van der Waals surface area (Å²) in [5.74, 6) is -2.63. The molecule has 2 atom stereocenters. The zero-order valence-electron chi connectivity index (χ0n) is 19.1. The van der Waals surface area contributed by atoms with Crippen molar-refractivity contribution < 1.29 is 24.0 Å². The Labute approximate surface area is 202 Å². The summed E-state index contributed by atoms with van der Waals surface area (Å²) < 4.78 is 15.1. The van der Waals surface area contributed by atoms with Gasteiger partial charge in [-0.2, -0.15) is 14.4 Å². The molecule has 0 aromatic carbocycles. The van der Waals surface area contributed by atoms with E-state index < -0.39 is 23.7 Å².